The van der Waals surface area contributed by atoms with Crippen LogP contribution in [0.1, 0.15) is 24.2 Å². The highest BCUT2D eigenvalue weighted by Gasteiger charge is 2.17. The van der Waals surface area contributed by atoms with Crippen LogP contribution in [-0.2, 0) is 4.79 Å². The van der Waals surface area contributed by atoms with Gasteiger partial charge < -0.3 is 15.3 Å². The zero-order valence-corrected chi connectivity index (χ0v) is 11.7. The predicted octanol–water partition coefficient (Wildman–Crippen LogP) is 2.07. The number of amides is 2. The van der Waals surface area contributed by atoms with E-state index >= 15 is 0 Å². The van der Waals surface area contributed by atoms with E-state index in [1.54, 1.807) is 24.3 Å². The molecule has 2 N–H and O–H groups in total. The summed E-state index contributed by atoms with van der Waals surface area (Å²) in [7, 11) is 1.52. The van der Waals surface area contributed by atoms with Crippen LogP contribution in [0.15, 0.2) is 24.3 Å². The Balaban J connectivity index is 2.68. The molecule has 1 rings (SSSR count). The molecule has 0 fully saturated rings. The van der Waals surface area contributed by atoms with Gasteiger partial charge in [0, 0.05) is 24.8 Å². The summed E-state index contributed by atoms with van der Waals surface area (Å²) in [5, 5.41) is 11.4. The second kappa shape index (κ2) is 6.70. The maximum Gasteiger partial charge on any atom is 0.321 e. The van der Waals surface area contributed by atoms with E-state index in [0.29, 0.717) is 11.3 Å². The van der Waals surface area contributed by atoms with E-state index in [0.717, 1.165) is 0 Å². The first-order valence-corrected chi connectivity index (χ1v) is 6.17. The number of rotatable bonds is 5. The molecule has 0 bridgehead atoms. The lowest BCUT2D eigenvalue weighted by Gasteiger charge is -2.20. The van der Waals surface area contributed by atoms with Crippen molar-refractivity contribution in [1.29, 1.82) is 0 Å². The number of nitrogens with one attached hydrogen (secondary N) is 1. The van der Waals surface area contributed by atoms with Crippen LogP contribution in [0, 0.1) is 5.92 Å². The molecular formula is C14H18N2O4. The molecule has 0 aliphatic rings. The van der Waals surface area contributed by atoms with Gasteiger partial charge in [0.25, 0.3) is 0 Å². The Kier molecular flexibility index (Phi) is 5.25. The molecule has 0 aliphatic carbocycles. The van der Waals surface area contributed by atoms with Gasteiger partial charge in [-0.25, -0.2) is 4.79 Å². The second-order valence-corrected chi connectivity index (χ2v) is 4.69. The maximum absolute atomic E-state index is 11.9. The number of carbonyl (C=O) groups excluding carboxylic acids is 2. The molecule has 0 aliphatic heterocycles. The minimum atomic E-state index is -0.955. The minimum absolute atomic E-state index is 0.0889. The molecule has 0 heterocycles. The van der Waals surface area contributed by atoms with Crippen LogP contribution < -0.4 is 5.32 Å². The number of carboxylic acid groups (broad SMARTS) is 1. The number of hydrogen-bond acceptors (Lipinski definition) is 3. The summed E-state index contributed by atoms with van der Waals surface area (Å²) in [6, 6.07) is 6.16. The van der Waals surface area contributed by atoms with E-state index in [4.69, 9.17) is 5.11 Å². The van der Waals surface area contributed by atoms with Crippen LogP contribution in [0.2, 0.25) is 0 Å². The lowest BCUT2D eigenvalue weighted by atomic mass is 10.1. The van der Waals surface area contributed by atoms with Gasteiger partial charge in [-0.2, -0.15) is 0 Å². The molecule has 1 aromatic carbocycles. The number of carbonyl (C=O) groups is 3. The number of ketones is 1. The van der Waals surface area contributed by atoms with Crippen molar-refractivity contribution in [2.45, 2.75) is 13.8 Å². The highest BCUT2D eigenvalue weighted by Crippen LogP contribution is 2.12. The van der Waals surface area contributed by atoms with Gasteiger partial charge in [-0.05, 0) is 19.1 Å². The lowest BCUT2D eigenvalue weighted by Crippen LogP contribution is -2.36. The monoisotopic (exact) mass is 278 g/mol. The molecule has 0 saturated heterocycles. The fourth-order valence-corrected chi connectivity index (χ4v) is 1.61. The van der Waals surface area contributed by atoms with Crippen LogP contribution in [0.25, 0.3) is 0 Å². The minimum Gasteiger partial charge on any atom is -0.481 e. The van der Waals surface area contributed by atoms with E-state index in [1.807, 2.05) is 0 Å². The first-order valence-electron chi connectivity index (χ1n) is 6.17. The summed E-state index contributed by atoms with van der Waals surface area (Å²) in [4.78, 5) is 35.2. The molecule has 0 saturated carbocycles. The van der Waals surface area contributed by atoms with Crippen molar-refractivity contribution in [2.24, 2.45) is 5.92 Å². The molecule has 1 atom stereocenters. The average molecular weight is 278 g/mol. The lowest BCUT2D eigenvalue weighted by molar-refractivity contribution is -0.141. The largest absolute Gasteiger partial charge is 0.481 e. The molecule has 20 heavy (non-hydrogen) atoms. The highest BCUT2D eigenvalue weighted by atomic mass is 16.4. The SMILES string of the molecule is CC(=O)c1cccc(NC(=O)N(C)CC(C)C(=O)O)c1. The van der Waals surface area contributed by atoms with Gasteiger partial charge in [0.1, 0.15) is 0 Å². The van der Waals surface area contributed by atoms with Crippen molar-refractivity contribution in [3.05, 3.63) is 29.8 Å². The molecule has 0 radical (unpaired) electrons. The smallest absolute Gasteiger partial charge is 0.321 e. The summed E-state index contributed by atoms with van der Waals surface area (Å²) in [5.41, 5.74) is 1.00. The number of urea groups is 1. The summed E-state index contributed by atoms with van der Waals surface area (Å²) < 4.78 is 0. The van der Waals surface area contributed by atoms with Crippen LogP contribution in [0.4, 0.5) is 10.5 Å². The maximum atomic E-state index is 11.9. The Morgan fingerprint density at radius 3 is 2.55 bits per heavy atom. The molecule has 1 aromatic rings. The molecule has 6 nitrogen and oxygen atoms in total. The van der Waals surface area contributed by atoms with Gasteiger partial charge in [0.05, 0.1) is 5.92 Å². The number of carboxylic acids is 1. The molecule has 108 valence electrons. The first-order chi connectivity index (χ1) is 9.31. The summed E-state index contributed by atoms with van der Waals surface area (Å²) in [6.07, 6.45) is 0. The van der Waals surface area contributed by atoms with E-state index < -0.39 is 17.9 Å². The van der Waals surface area contributed by atoms with Crippen molar-refractivity contribution in [3.63, 3.8) is 0 Å². The quantitative estimate of drug-likeness (QED) is 0.807. The van der Waals surface area contributed by atoms with Crippen LogP contribution in [0.5, 0.6) is 0 Å². The molecule has 6 heteroatoms. The third-order valence-corrected chi connectivity index (χ3v) is 2.84. The van der Waals surface area contributed by atoms with Crippen LogP contribution in [-0.4, -0.2) is 41.4 Å². The van der Waals surface area contributed by atoms with Crippen molar-refractivity contribution in [1.82, 2.24) is 4.90 Å². The van der Waals surface area contributed by atoms with Gasteiger partial charge in [-0.15, -0.1) is 0 Å². The Bertz CT molecular complexity index is 528. The number of hydrogen-bond donors (Lipinski definition) is 2. The Morgan fingerprint density at radius 1 is 1.35 bits per heavy atom. The van der Waals surface area contributed by atoms with Gasteiger partial charge in [-0.3, -0.25) is 9.59 Å². The third-order valence-electron chi connectivity index (χ3n) is 2.84. The fourth-order valence-electron chi connectivity index (χ4n) is 1.61. The first kappa shape index (κ1) is 15.7. The van der Waals surface area contributed by atoms with Crippen molar-refractivity contribution < 1.29 is 19.5 Å². The molecular weight excluding hydrogens is 260 g/mol. The number of Topliss-reactive ketones (excluding diaryl/α,β-unsaturated/α-hetero) is 1. The number of benzene rings is 1. The average Bonchev–Trinajstić information content (AvgIpc) is 2.38. The van der Waals surface area contributed by atoms with Gasteiger partial charge in [0.15, 0.2) is 5.78 Å². The highest BCUT2D eigenvalue weighted by molar-refractivity contribution is 5.96. The normalized spacial score (nSPS) is 11.6. The topological polar surface area (TPSA) is 86.7 Å². The van der Waals surface area contributed by atoms with Crippen LogP contribution >= 0.6 is 0 Å². The zero-order chi connectivity index (χ0) is 15.3. The number of anilines is 1. The standard InChI is InChI=1S/C14H18N2O4/c1-9(13(18)19)8-16(3)14(20)15-12-6-4-5-11(7-12)10(2)17/h4-7,9H,8H2,1-3H3,(H,15,20)(H,18,19). The van der Waals surface area contributed by atoms with Crippen molar-refractivity contribution >= 4 is 23.5 Å². The molecule has 0 aromatic heterocycles. The predicted molar refractivity (Wildman–Crippen MR) is 74.9 cm³/mol. The second-order valence-electron chi connectivity index (χ2n) is 4.69. The van der Waals surface area contributed by atoms with Crippen LogP contribution in [0.3, 0.4) is 0 Å². The molecule has 1 unspecified atom stereocenters. The Morgan fingerprint density at radius 2 is 2.00 bits per heavy atom. The van der Waals surface area contributed by atoms with Crippen molar-refractivity contribution in [2.75, 3.05) is 18.9 Å². The summed E-state index contributed by atoms with van der Waals surface area (Å²) in [6.45, 7) is 3.08. The van der Waals surface area contributed by atoms with Crippen molar-refractivity contribution in [3.8, 4) is 0 Å². The van der Waals surface area contributed by atoms with Gasteiger partial charge in [0.2, 0.25) is 0 Å². The Hall–Kier alpha value is -2.37. The number of aliphatic carboxylic acids is 1. The van der Waals surface area contributed by atoms with Gasteiger partial charge in [-0.1, -0.05) is 19.1 Å². The Labute approximate surface area is 117 Å². The molecule has 2 amide bonds. The molecule has 0 spiro atoms. The van der Waals surface area contributed by atoms with E-state index in [2.05, 4.69) is 5.32 Å². The summed E-state index contributed by atoms with van der Waals surface area (Å²) >= 11 is 0. The fraction of sp³-hybridized carbons (Fsp3) is 0.357. The van der Waals surface area contributed by atoms with Gasteiger partial charge >= 0.3 is 12.0 Å². The number of nitrogens with zero attached hydrogens (tertiary/aromatic N) is 1. The van der Waals surface area contributed by atoms with E-state index in [9.17, 15) is 14.4 Å². The van der Waals surface area contributed by atoms with E-state index in [1.165, 1.54) is 25.8 Å². The summed E-state index contributed by atoms with van der Waals surface area (Å²) in [5.74, 6) is -1.69. The third kappa shape index (κ3) is 4.38. The van der Waals surface area contributed by atoms with E-state index in [-0.39, 0.29) is 12.3 Å². The zero-order valence-electron chi connectivity index (χ0n) is 11.7.